The average molecular weight is 304 g/mol. The maximum atomic E-state index is 12.0. The second-order valence-corrected chi connectivity index (χ2v) is 6.06. The van der Waals surface area contributed by atoms with Crippen LogP contribution in [-0.2, 0) is 16.1 Å². The zero-order valence-electron chi connectivity index (χ0n) is 13.0. The van der Waals surface area contributed by atoms with Crippen molar-refractivity contribution in [1.82, 2.24) is 15.3 Å². The van der Waals surface area contributed by atoms with E-state index in [0.29, 0.717) is 24.7 Å². The number of morpholine rings is 1. The van der Waals surface area contributed by atoms with E-state index in [4.69, 9.17) is 4.74 Å². The van der Waals surface area contributed by atoms with Gasteiger partial charge in [-0.15, -0.1) is 0 Å². The highest BCUT2D eigenvalue weighted by atomic mass is 16.5. The Kier molecular flexibility index (Phi) is 5.21. The van der Waals surface area contributed by atoms with Gasteiger partial charge >= 0.3 is 0 Å². The summed E-state index contributed by atoms with van der Waals surface area (Å²) in [5.41, 5.74) is 0. The lowest BCUT2D eigenvalue weighted by Crippen LogP contribution is -2.37. The van der Waals surface area contributed by atoms with E-state index in [1.807, 2.05) is 6.07 Å². The molecule has 1 N–H and O–H groups in total. The highest BCUT2D eigenvalue weighted by Gasteiger charge is 2.18. The molecule has 0 bridgehead atoms. The summed E-state index contributed by atoms with van der Waals surface area (Å²) >= 11 is 0. The van der Waals surface area contributed by atoms with Gasteiger partial charge in [0.1, 0.15) is 11.6 Å². The molecule has 1 amide bonds. The molecule has 0 atom stereocenters. The second kappa shape index (κ2) is 7.54. The third-order valence-electron chi connectivity index (χ3n) is 4.42. The molecule has 1 saturated heterocycles. The molecule has 120 valence electrons. The predicted molar refractivity (Wildman–Crippen MR) is 83.5 cm³/mol. The van der Waals surface area contributed by atoms with Gasteiger partial charge in [0.25, 0.3) is 0 Å². The van der Waals surface area contributed by atoms with Crippen LogP contribution < -0.4 is 10.2 Å². The van der Waals surface area contributed by atoms with Gasteiger partial charge in [-0.1, -0.05) is 12.8 Å². The molecule has 1 aromatic heterocycles. The molecule has 1 aliphatic carbocycles. The van der Waals surface area contributed by atoms with Gasteiger partial charge in [-0.2, -0.15) is 0 Å². The van der Waals surface area contributed by atoms with Crippen LogP contribution in [0.15, 0.2) is 12.3 Å². The number of carbonyl (C=O) groups excluding carboxylic acids is 1. The fourth-order valence-corrected chi connectivity index (χ4v) is 3.17. The monoisotopic (exact) mass is 304 g/mol. The standard InChI is InChI=1S/C16H24N4O2/c21-16(11-13-3-1-2-4-13)18-12-14-17-6-5-15(19-14)20-7-9-22-10-8-20/h5-6,13H,1-4,7-12H2,(H,18,21). The van der Waals surface area contributed by atoms with Crippen molar-refractivity contribution in [2.45, 2.75) is 38.6 Å². The van der Waals surface area contributed by atoms with Gasteiger partial charge in [0.15, 0.2) is 0 Å². The van der Waals surface area contributed by atoms with Crippen molar-refractivity contribution >= 4 is 11.7 Å². The van der Waals surface area contributed by atoms with Gasteiger partial charge in [-0.05, 0) is 24.8 Å². The highest BCUT2D eigenvalue weighted by molar-refractivity contribution is 5.76. The van der Waals surface area contributed by atoms with Crippen LogP contribution in [0.3, 0.4) is 0 Å². The van der Waals surface area contributed by atoms with E-state index in [1.165, 1.54) is 25.7 Å². The molecule has 2 fully saturated rings. The summed E-state index contributed by atoms with van der Waals surface area (Å²) in [7, 11) is 0. The van der Waals surface area contributed by atoms with Gasteiger partial charge in [-0.3, -0.25) is 4.79 Å². The number of amides is 1. The van der Waals surface area contributed by atoms with Gasteiger partial charge < -0.3 is 15.0 Å². The molecular weight excluding hydrogens is 280 g/mol. The molecule has 6 heteroatoms. The summed E-state index contributed by atoms with van der Waals surface area (Å²) in [6.45, 7) is 3.58. The van der Waals surface area contributed by atoms with E-state index in [1.54, 1.807) is 6.20 Å². The van der Waals surface area contributed by atoms with Gasteiger partial charge in [0.2, 0.25) is 5.91 Å². The first-order valence-corrected chi connectivity index (χ1v) is 8.22. The molecule has 22 heavy (non-hydrogen) atoms. The summed E-state index contributed by atoms with van der Waals surface area (Å²) in [4.78, 5) is 23.0. The lowest BCUT2D eigenvalue weighted by Gasteiger charge is -2.27. The molecule has 0 aromatic carbocycles. The van der Waals surface area contributed by atoms with E-state index >= 15 is 0 Å². The number of nitrogens with one attached hydrogen (secondary N) is 1. The number of hydrogen-bond donors (Lipinski definition) is 1. The zero-order chi connectivity index (χ0) is 15.2. The molecule has 1 aromatic rings. The van der Waals surface area contributed by atoms with Crippen LogP contribution in [0.25, 0.3) is 0 Å². The lowest BCUT2D eigenvalue weighted by atomic mass is 10.0. The fourth-order valence-electron chi connectivity index (χ4n) is 3.17. The minimum atomic E-state index is 0.118. The van der Waals surface area contributed by atoms with Crippen LogP contribution in [-0.4, -0.2) is 42.2 Å². The SMILES string of the molecule is O=C(CC1CCCC1)NCc1nccc(N2CCOCC2)n1. The average Bonchev–Trinajstić information content (AvgIpc) is 3.07. The molecule has 1 saturated carbocycles. The fraction of sp³-hybridized carbons (Fsp3) is 0.688. The van der Waals surface area contributed by atoms with Crippen LogP contribution in [0.1, 0.15) is 37.9 Å². The highest BCUT2D eigenvalue weighted by Crippen LogP contribution is 2.27. The van der Waals surface area contributed by atoms with Crippen molar-refractivity contribution in [2.75, 3.05) is 31.2 Å². The molecule has 2 heterocycles. The number of hydrogen-bond acceptors (Lipinski definition) is 5. The van der Waals surface area contributed by atoms with Gasteiger partial charge in [0.05, 0.1) is 19.8 Å². The maximum absolute atomic E-state index is 12.0. The van der Waals surface area contributed by atoms with E-state index in [9.17, 15) is 4.79 Å². The summed E-state index contributed by atoms with van der Waals surface area (Å²) in [6, 6.07) is 1.91. The smallest absolute Gasteiger partial charge is 0.220 e. The Balaban J connectivity index is 1.50. The summed E-state index contributed by atoms with van der Waals surface area (Å²) in [6.07, 6.45) is 7.32. The van der Waals surface area contributed by atoms with Crippen LogP contribution in [0.4, 0.5) is 5.82 Å². The molecule has 6 nitrogen and oxygen atoms in total. The second-order valence-electron chi connectivity index (χ2n) is 6.06. The molecular formula is C16H24N4O2. The van der Waals surface area contributed by atoms with Crippen molar-refractivity contribution in [3.63, 3.8) is 0 Å². The van der Waals surface area contributed by atoms with Crippen LogP contribution >= 0.6 is 0 Å². The molecule has 3 rings (SSSR count). The number of rotatable bonds is 5. The predicted octanol–water partition coefficient (Wildman–Crippen LogP) is 1.51. The largest absolute Gasteiger partial charge is 0.378 e. The van der Waals surface area contributed by atoms with Crippen LogP contribution in [0, 0.1) is 5.92 Å². The van der Waals surface area contributed by atoms with E-state index in [0.717, 1.165) is 32.1 Å². The van der Waals surface area contributed by atoms with E-state index < -0.39 is 0 Å². The number of carbonyl (C=O) groups is 1. The zero-order valence-corrected chi connectivity index (χ0v) is 13.0. The van der Waals surface area contributed by atoms with Crippen molar-refractivity contribution in [3.8, 4) is 0 Å². The Bertz CT molecular complexity index is 497. The minimum Gasteiger partial charge on any atom is -0.378 e. The Morgan fingerprint density at radius 3 is 2.86 bits per heavy atom. The van der Waals surface area contributed by atoms with E-state index in [2.05, 4.69) is 20.2 Å². The normalized spacial score (nSPS) is 19.4. The first-order chi connectivity index (χ1) is 10.8. The van der Waals surface area contributed by atoms with Crippen molar-refractivity contribution in [1.29, 1.82) is 0 Å². The van der Waals surface area contributed by atoms with Crippen LogP contribution in [0.5, 0.6) is 0 Å². The summed E-state index contributed by atoms with van der Waals surface area (Å²) < 4.78 is 5.35. The van der Waals surface area contributed by atoms with Crippen molar-refractivity contribution in [3.05, 3.63) is 18.1 Å². The van der Waals surface area contributed by atoms with Crippen LogP contribution in [0.2, 0.25) is 0 Å². The molecule has 0 radical (unpaired) electrons. The van der Waals surface area contributed by atoms with Gasteiger partial charge in [-0.25, -0.2) is 9.97 Å². The Hall–Kier alpha value is -1.69. The molecule has 0 spiro atoms. The topological polar surface area (TPSA) is 67.4 Å². The van der Waals surface area contributed by atoms with Crippen molar-refractivity contribution < 1.29 is 9.53 Å². The third-order valence-corrected chi connectivity index (χ3v) is 4.42. The quantitative estimate of drug-likeness (QED) is 0.893. The first kappa shape index (κ1) is 15.2. The Morgan fingerprint density at radius 1 is 1.32 bits per heavy atom. The Labute approximate surface area is 131 Å². The van der Waals surface area contributed by atoms with Gasteiger partial charge in [0, 0.05) is 25.7 Å². The molecule has 1 aliphatic heterocycles. The number of nitrogens with zero attached hydrogens (tertiary/aromatic N) is 3. The number of aromatic nitrogens is 2. The molecule has 0 unspecified atom stereocenters. The van der Waals surface area contributed by atoms with E-state index in [-0.39, 0.29) is 5.91 Å². The van der Waals surface area contributed by atoms with Crippen molar-refractivity contribution in [2.24, 2.45) is 5.92 Å². The number of ether oxygens (including phenoxy) is 1. The molecule has 2 aliphatic rings. The first-order valence-electron chi connectivity index (χ1n) is 8.22. The number of anilines is 1. The third kappa shape index (κ3) is 4.16. The Morgan fingerprint density at radius 2 is 2.09 bits per heavy atom. The summed E-state index contributed by atoms with van der Waals surface area (Å²) in [5, 5.41) is 2.95. The lowest BCUT2D eigenvalue weighted by molar-refractivity contribution is -0.122. The maximum Gasteiger partial charge on any atom is 0.220 e. The summed E-state index contributed by atoms with van der Waals surface area (Å²) in [5.74, 6) is 2.27. The minimum absolute atomic E-state index is 0.118.